The molecule has 0 aliphatic carbocycles. The van der Waals surface area contributed by atoms with Gasteiger partial charge in [0.05, 0.1) is 18.2 Å². The summed E-state index contributed by atoms with van der Waals surface area (Å²) in [5.74, 6) is 0.355. The number of methoxy groups -OCH3 is 1. The van der Waals surface area contributed by atoms with E-state index < -0.39 is 5.91 Å². The minimum atomic E-state index is -0.461. The first-order chi connectivity index (χ1) is 10.6. The van der Waals surface area contributed by atoms with Gasteiger partial charge in [-0.3, -0.25) is 9.78 Å². The third-order valence-electron chi connectivity index (χ3n) is 3.73. The van der Waals surface area contributed by atoms with Gasteiger partial charge in [-0.05, 0) is 36.2 Å². The molecule has 1 aromatic carbocycles. The van der Waals surface area contributed by atoms with E-state index in [2.05, 4.69) is 4.98 Å². The quantitative estimate of drug-likeness (QED) is 0.804. The molecule has 5 heteroatoms. The topological polar surface area (TPSA) is 70.1 Å². The maximum atomic E-state index is 11.6. The van der Waals surface area contributed by atoms with E-state index in [0.29, 0.717) is 17.6 Å². The van der Waals surface area contributed by atoms with Crippen LogP contribution in [0.5, 0.6) is 5.75 Å². The molecule has 0 atom stereocenters. The highest BCUT2D eigenvalue weighted by atomic mass is 16.5. The maximum Gasteiger partial charge on any atom is 0.252 e. The van der Waals surface area contributed by atoms with Crippen molar-refractivity contribution < 1.29 is 9.53 Å². The van der Waals surface area contributed by atoms with E-state index >= 15 is 0 Å². The highest BCUT2D eigenvalue weighted by molar-refractivity contribution is 6.05. The Labute approximate surface area is 128 Å². The van der Waals surface area contributed by atoms with Gasteiger partial charge in [0, 0.05) is 18.9 Å². The van der Waals surface area contributed by atoms with Crippen molar-refractivity contribution in [2.24, 2.45) is 5.73 Å². The van der Waals surface area contributed by atoms with Crippen molar-refractivity contribution >= 4 is 16.9 Å². The molecule has 3 aromatic rings. The van der Waals surface area contributed by atoms with Crippen LogP contribution >= 0.6 is 0 Å². The Morgan fingerprint density at radius 3 is 2.64 bits per heavy atom. The Morgan fingerprint density at radius 2 is 2.00 bits per heavy atom. The standard InChI is InChI=1S/C17H17N3O2/c1-11-7-8-19-15-14(17(18)21)10-20(16(11)15)9-12-3-5-13(22-2)6-4-12/h3-8,10H,9H2,1-2H3,(H2,18,21). The number of hydrogen-bond donors (Lipinski definition) is 1. The van der Waals surface area contributed by atoms with E-state index in [1.807, 2.05) is 41.8 Å². The second kappa shape index (κ2) is 5.52. The molecule has 0 spiro atoms. The van der Waals surface area contributed by atoms with Crippen molar-refractivity contribution in [3.63, 3.8) is 0 Å². The Hall–Kier alpha value is -2.82. The number of pyridine rings is 1. The lowest BCUT2D eigenvalue weighted by Crippen LogP contribution is -2.10. The molecule has 22 heavy (non-hydrogen) atoms. The van der Waals surface area contributed by atoms with Crippen LogP contribution in [0.3, 0.4) is 0 Å². The SMILES string of the molecule is COc1ccc(Cn2cc(C(N)=O)c3nccc(C)c32)cc1. The van der Waals surface area contributed by atoms with Crippen molar-refractivity contribution in [2.45, 2.75) is 13.5 Å². The molecule has 0 unspecified atom stereocenters. The molecule has 0 radical (unpaired) electrons. The van der Waals surface area contributed by atoms with E-state index in [1.165, 1.54) is 0 Å². The lowest BCUT2D eigenvalue weighted by atomic mass is 10.2. The zero-order valence-electron chi connectivity index (χ0n) is 12.5. The molecular formula is C17H17N3O2. The molecule has 1 amide bonds. The van der Waals surface area contributed by atoms with E-state index in [0.717, 1.165) is 22.4 Å². The number of primary amides is 1. The first-order valence-corrected chi connectivity index (χ1v) is 6.97. The van der Waals surface area contributed by atoms with E-state index in [4.69, 9.17) is 10.5 Å². The third-order valence-corrected chi connectivity index (χ3v) is 3.73. The molecule has 112 valence electrons. The lowest BCUT2D eigenvalue weighted by molar-refractivity contribution is 0.100. The maximum absolute atomic E-state index is 11.6. The van der Waals surface area contributed by atoms with Gasteiger partial charge in [-0.2, -0.15) is 0 Å². The van der Waals surface area contributed by atoms with Crippen LogP contribution in [-0.4, -0.2) is 22.6 Å². The second-order valence-corrected chi connectivity index (χ2v) is 5.21. The molecule has 0 aliphatic rings. The van der Waals surface area contributed by atoms with Gasteiger partial charge in [0.1, 0.15) is 11.3 Å². The fourth-order valence-electron chi connectivity index (χ4n) is 2.62. The fourth-order valence-corrected chi connectivity index (χ4v) is 2.62. The summed E-state index contributed by atoms with van der Waals surface area (Å²) in [7, 11) is 1.64. The minimum Gasteiger partial charge on any atom is -0.497 e. The van der Waals surface area contributed by atoms with Crippen LogP contribution in [0.25, 0.3) is 11.0 Å². The molecule has 2 N–H and O–H groups in total. The van der Waals surface area contributed by atoms with Crippen LogP contribution < -0.4 is 10.5 Å². The predicted octanol–water partition coefficient (Wildman–Crippen LogP) is 2.50. The summed E-state index contributed by atoms with van der Waals surface area (Å²) in [6.45, 7) is 2.64. The number of fused-ring (bicyclic) bond motifs is 1. The van der Waals surface area contributed by atoms with E-state index in [9.17, 15) is 4.79 Å². The molecule has 0 saturated heterocycles. The zero-order valence-corrected chi connectivity index (χ0v) is 12.5. The monoisotopic (exact) mass is 295 g/mol. The van der Waals surface area contributed by atoms with Gasteiger partial charge < -0.3 is 15.0 Å². The fraction of sp³-hybridized carbons (Fsp3) is 0.176. The van der Waals surface area contributed by atoms with E-state index in [1.54, 1.807) is 19.5 Å². The molecular weight excluding hydrogens is 278 g/mol. The summed E-state index contributed by atoms with van der Waals surface area (Å²) in [6.07, 6.45) is 3.47. The molecule has 3 rings (SSSR count). The average Bonchev–Trinajstić information content (AvgIpc) is 2.88. The number of aryl methyl sites for hydroxylation is 1. The number of ether oxygens (including phenoxy) is 1. The minimum absolute atomic E-state index is 0.451. The second-order valence-electron chi connectivity index (χ2n) is 5.21. The predicted molar refractivity (Wildman–Crippen MR) is 85.1 cm³/mol. The summed E-state index contributed by atoms with van der Waals surface area (Å²) in [4.78, 5) is 15.9. The van der Waals surface area contributed by atoms with Crippen LogP contribution in [0.1, 0.15) is 21.5 Å². The van der Waals surface area contributed by atoms with Gasteiger partial charge in [0.25, 0.3) is 5.91 Å². The van der Waals surface area contributed by atoms with Gasteiger partial charge >= 0.3 is 0 Å². The summed E-state index contributed by atoms with van der Waals surface area (Å²) in [5.41, 5.74) is 9.68. The van der Waals surface area contributed by atoms with Crippen LogP contribution in [0.15, 0.2) is 42.7 Å². The van der Waals surface area contributed by atoms with E-state index in [-0.39, 0.29) is 0 Å². The number of carbonyl (C=O) groups is 1. The number of nitrogens with zero attached hydrogens (tertiary/aromatic N) is 2. The highest BCUT2D eigenvalue weighted by Crippen LogP contribution is 2.23. The summed E-state index contributed by atoms with van der Waals surface area (Å²) >= 11 is 0. The third kappa shape index (κ3) is 2.41. The highest BCUT2D eigenvalue weighted by Gasteiger charge is 2.15. The molecule has 0 aliphatic heterocycles. The molecule has 0 saturated carbocycles. The smallest absolute Gasteiger partial charge is 0.252 e. The number of nitrogens with two attached hydrogens (primary N) is 1. The van der Waals surface area contributed by atoms with Crippen molar-refractivity contribution in [3.8, 4) is 5.75 Å². The van der Waals surface area contributed by atoms with Crippen LogP contribution in [0.4, 0.5) is 0 Å². The van der Waals surface area contributed by atoms with Crippen LogP contribution in [-0.2, 0) is 6.54 Å². The van der Waals surface area contributed by atoms with Gasteiger partial charge in [-0.1, -0.05) is 12.1 Å². The first-order valence-electron chi connectivity index (χ1n) is 6.97. The number of rotatable bonds is 4. The first kappa shape index (κ1) is 14.1. The van der Waals surface area contributed by atoms with Crippen molar-refractivity contribution in [1.29, 1.82) is 0 Å². The largest absolute Gasteiger partial charge is 0.497 e. The van der Waals surface area contributed by atoms with Crippen LogP contribution in [0, 0.1) is 6.92 Å². The number of aromatic nitrogens is 2. The molecule has 5 nitrogen and oxygen atoms in total. The van der Waals surface area contributed by atoms with Crippen molar-refractivity contribution in [1.82, 2.24) is 9.55 Å². The Kier molecular flexibility index (Phi) is 3.55. The number of benzene rings is 1. The van der Waals surface area contributed by atoms with Gasteiger partial charge in [0.15, 0.2) is 0 Å². The normalized spacial score (nSPS) is 10.8. The van der Waals surface area contributed by atoms with Crippen molar-refractivity contribution in [2.75, 3.05) is 7.11 Å². The number of carbonyl (C=O) groups excluding carboxylic acids is 1. The van der Waals surface area contributed by atoms with Crippen molar-refractivity contribution in [3.05, 3.63) is 59.4 Å². The number of hydrogen-bond acceptors (Lipinski definition) is 3. The lowest BCUT2D eigenvalue weighted by Gasteiger charge is -2.08. The van der Waals surface area contributed by atoms with Crippen LogP contribution in [0.2, 0.25) is 0 Å². The Balaban J connectivity index is 2.08. The summed E-state index contributed by atoms with van der Waals surface area (Å²) in [5, 5.41) is 0. The van der Waals surface area contributed by atoms with Gasteiger partial charge in [0.2, 0.25) is 0 Å². The molecule has 0 fully saturated rings. The molecule has 2 aromatic heterocycles. The average molecular weight is 295 g/mol. The molecule has 0 bridgehead atoms. The number of amides is 1. The summed E-state index contributed by atoms with van der Waals surface area (Å²) in [6, 6.07) is 9.76. The Bertz CT molecular complexity index is 835. The molecule has 2 heterocycles. The summed E-state index contributed by atoms with van der Waals surface area (Å²) < 4.78 is 7.18. The van der Waals surface area contributed by atoms with Gasteiger partial charge in [-0.25, -0.2) is 0 Å². The zero-order chi connectivity index (χ0) is 15.7. The van der Waals surface area contributed by atoms with Gasteiger partial charge in [-0.15, -0.1) is 0 Å². The Morgan fingerprint density at radius 1 is 1.27 bits per heavy atom.